The molecule has 0 saturated carbocycles. The third-order valence-electron chi connectivity index (χ3n) is 4.30. The predicted molar refractivity (Wildman–Crippen MR) is 100 cm³/mol. The second-order valence-electron chi connectivity index (χ2n) is 5.68. The molecular weight excluding hydrogens is 298 g/mol. The summed E-state index contributed by atoms with van der Waals surface area (Å²) in [5, 5.41) is 6.17. The van der Waals surface area contributed by atoms with Crippen LogP contribution in [0.15, 0.2) is 78.9 Å². The SMILES string of the molecule is c1ccc(-c2nc3c(ccc4c5ccccc5ccc43)s2)cc1. The van der Waals surface area contributed by atoms with Crippen LogP contribution in [0.1, 0.15) is 0 Å². The van der Waals surface area contributed by atoms with Gasteiger partial charge >= 0.3 is 0 Å². The van der Waals surface area contributed by atoms with E-state index in [-0.39, 0.29) is 0 Å². The molecule has 0 spiro atoms. The van der Waals surface area contributed by atoms with Crippen LogP contribution in [0.4, 0.5) is 0 Å². The van der Waals surface area contributed by atoms with E-state index < -0.39 is 0 Å². The summed E-state index contributed by atoms with van der Waals surface area (Å²) in [6.07, 6.45) is 0. The predicted octanol–water partition coefficient (Wildman–Crippen LogP) is 6.27. The van der Waals surface area contributed by atoms with E-state index in [1.807, 2.05) is 6.07 Å². The first-order valence-electron chi connectivity index (χ1n) is 7.66. The van der Waals surface area contributed by atoms with Crippen molar-refractivity contribution in [1.29, 1.82) is 0 Å². The Bertz CT molecular complexity index is 1160. The summed E-state index contributed by atoms with van der Waals surface area (Å²) < 4.78 is 1.24. The number of nitrogens with zero attached hydrogens (tertiary/aromatic N) is 1. The summed E-state index contributed by atoms with van der Waals surface area (Å²) in [6.45, 7) is 0. The zero-order valence-corrected chi connectivity index (χ0v) is 13.2. The van der Waals surface area contributed by atoms with Gasteiger partial charge in [0.1, 0.15) is 5.01 Å². The van der Waals surface area contributed by atoms with E-state index in [1.54, 1.807) is 11.3 Å². The van der Waals surface area contributed by atoms with Gasteiger partial charge in [-0.2, -0.15) is 0 Å². The molecule has 0 unspecified atom stereocenters. The van der Waals surface area contributed by atoms with Crippen molar-refractivity contribution in [1.82, 2.24) is 4.98 Å². The number of aromatic nitrogens is 1. The van der Waals surface area contributed by atoms with Crippen LogP contribution in [0.3, 0.4) is 0 Å². The fourth-order valence-electron chi connectivity index (χ4n) is 3.18. The van der Waals surface area contributed by atoms with Crippen molar-refractivity contribution >= 4 is 43.1 Å². The second kappa shape index (κ2) is 4.90. The summed E-state index contributed by atoms with van der Waals surface area (Å²) in [6, 6.07) is 27.8. The highest BCUT2D eigenvalue weighted by atomic mass is 32.1. The topological polar surface area (TPSA) is 12.9 Å². The summed E-state index contributed by atoms with van der Waals surface area (Å²) >= 11 is 1.76. The Labute approximate surface area is 137 Å². The number of benzene rings is 4. The maximum absolute atomic E-state index is 4.94. The van der Waals surface area contributed by atoms with E-state index >= 15 is 0 Å². The van der Waals surface area contributed by atoms with Gasteiger partial charge in [-0.1, -0.05) is 72.8 Å². The van der Waals surface area contributed by atoms with Crippen LogP contribution in [0.2, 0.25) is 0 Å². The lowest BCUT2D eigenvalue weighted by Gasteiger charge is -2.04. The maximum Gasteiger partial charge on any atom is 0.124 e. The fourth-order valence-corrected chi connectivity index (χ4v) is 4.17. The molecule has 0 aliphatic heterocycles. The van der Waals surface area contributed by atoms with Crippen molar-refractivity contribution < 1.29 is 0 Å². The minimum Gasteiger partial charge on any atom is -0.235 e. The molecule has 4 aromatic carbocycles. The monoisotopic (exact) mass is 311 g/mol. The zero-order chi connectivity index (χ0) is 15.2. The van der Waals surface area contributed by atoms with Gasteiger partial charge in [-0.25, -0.2) is 4.98 Å². The van der Waals surface area contributed by atoms with Crippen molar-refractivity contribution in [3.8, 4) is 10.6 Å². The molecule has 0 amide bonds. The van der Waals surface area contributed by atoms with Crippen LogP contribution in [-0.4, -0.2) is 4.98 Å². The van der Waals surface area contributed by atoms with Crippen molar-refractivity contribution in [2.75, 3.05) is 0 Å². The highest BCUT2D eigenvalue weighted by molar-refractivity contribution is 7.21. The van der Waals surface area contributed by atoms with E-state index in [0.717, 1.165) is 10.5 Å². The van der Waals surface area contributed by atoms with E-state index in [4.69, 9.17) is 4.98 Å². The average Bonchev–Trinajstić information content (AvgIpc) is 3.07. The van der Waals surface area contributed by atoms with Gasteiger partial charge in [-0.3, -0.25) is 0 Å². The van der Waals surface area contributed by atoms with Crippen LogP contribution in [0.25, 0.3) is 42.3 Å². The first kappa shape index (κ1) is 12.8. The van der Waals surface area contributed by atoms with Crippen molar-refractivity contribution in [3.63, 3.8) is 0 Å². The highest BCUT2D eigenvalue weighted by Crippen LogP contribution is 2.36. The van der Waals surface area contributed by atoms with Crippen LogP contribution >= 0.6 is 11.3 Å². The standard InChI is InChI=1S/C21H13NS/c1-2-7-15(8-3-1)21-22-20-18-11-10-14-6-4-5-9-16(14)17(18)12-13-19(20)23-21/h1-13H. The molecule has 0 fully saturated rings. The van der Waals surface area contributed by atoms with Crippen molar-refractivity contribution in [3.05, 3.63) is 78.9 Å². The zero-order valence-electron chi connectivity index (χ0n) is 12.4. The molecule has 1 nitrogen and oxygen atoms in total. The Kier molecular flexibility index (Phi) is 2.73. The Morgan fingerprint density at radius 3 is 2.30 bits per heavy atom. The lowest BCUT2D eigenvalue weighted by Crippen LogP contribution is -1.79. The Hall–Kier alpha value is -2.71. The molecule has 5 rings (SSSR count). The smallest absolute Gasteiger partial charge is 0.124 e. The minimum absolute atomic E-state index is 1.08. The largest absolute Gasteiger partial charge is 0.235 e. The third kappa shape index (κ3) is 1.96. The minimum atomic E-state index is 1.08. The van der Waals surface area contributed by atoms with Gasteiger partial charge in [-0.05, 0) is 22.2 Å². The summed E-state index contributed by atoms with van der Waals surface area (Å²) in [5.41, 5.74) is 2.29. The van der Waals surface area contributed by atoms with E-state index in [0.29, 0.717) is 0 Å². The summed E-state index contributed by atoms with van der Waals surface area (Å²) in [4.78, 5) is 4.94. The van der Waals surface area contributed by atoms with Gasteiger partial charge < -0.3 is 0 Å². The first-order valence-corrected chi connectivity index (χ1v) is 8.48. The fraction of sp³-hybridized carbons (Fsp3) is 0. The van der Waals surface area contributed by atoms with Crippen molar-refractivity contribution in [2.24, 2.45) is 0 Å². The number of hydrogen-bond donors (Lipinski definition) is 0. The highest BCUT2D eigenvalue weighted by Gasteiger charge is 2.10. The normalized spacial score (nSPS) is 11.5. The van der Waals surface area contributed by atoms with Gasteiger partial charge in [0.15, 0.2) is 0 Å². The lowest BCUT2D eigenvalue weighted by atomic mass is 10.0. The van der Waals surface area contributed by atoms with E-state index in [1.165, 1.54) is 31.8 Å². The molecule has 0 aliphatic carbocycles. The molecule has 0 N–H and O–H groups in total. The molecule has 1 heterocycles. The van der Waals surface area contributed by atoms with E-state index in [9.17, 15) is 0 Å². The van der Waals surface area contributed by atoms with Gasteiger partial charge in [0.05, 0.1) is 10.2 Å². The number of hydrogen-bond acceptors (Lipinski definition) is 2. The molecule has 23 heavy (non-hydrogen) atoms. The molecule has 108 valence electrons. The Morgan fingerprint density at radius 2 is 1.39 bits per heavy atom. The molecule has 0 bridgehead atoms. The average molecular weight is 311 g/mol. The lowest BCUT2D eigenvalue weighted by molar-refractivity contribution is 1.49. The molecule has 0 atom stereocenters. The van der Waals surface area contributed by atoms with E-state index in [2.05, 4.69) is 72.8 Å². The van der Waals surface area contributed by atoms with Crippen molar-refractivity contribution in [2.45, 2.75) is 0 Å². The third-order valence-corrected chi connectivity index (χ3v) is 5.37. The van der Waals surface area contributed by atoms with Crippen LogP contribution in [0.5, 0.6) is 0 Å². The van der Waals surface area contributed by atoms with Crippen LogP contribution in [0, 0.1) is 0 Å². The quantitative estimate of drug-likeness (QED) is 0.332. The first-order chi connectivity index (χ1) is 11.4. The molecule has 5 aromatic rings. The molecule has 0 saturated heterocycles. The summed E-state index contributed by atoms with van der Waals surface area (Å²) in [5.74, 6) is 0. The molecular formula is C21H13NS. The molecule has 1 aromatic heterocycles. The van der Waals surface area contributed by atoms with Crippen LogP contribution in [-0.2, 0) is 0 Å². The van der Waals surface area contributed by atoms with Crippen LogP contribution < -0.4 is 0 Å². The Balaban J connectivity index is 1.86. The van der Waals surface area contributed by atoms with Gasteiger partial charge in [0, 0.05) is 10.9 Å². The second-order valence-corrected chi connectivity index (χ2v) is 6.71. The maximum atomic E-state index is 4.94. The van der Waals surface area contributed by atoms with Gasteiger partial charge in [-0.15, -0.1) is 11.3 Å². The van der Waals surface area contributed by atoms with Gasteiger partial charge in [0.2, 0.25) is 0 Å². The number of fused-ring (bicyclic) bond motifs is 5. The summed E-state index contributed by atoms with van der Waals surface area (Å²) in [7, 11) is 0. The number of thiazole rings is 1. The molecule has 0 aliphatic rings. The van der Waals surface area contributed by atoms with Gasteiger partial charge in [0.25, 0.3) is 0 Å². The Morgan fingerprint density at radius 1 is 0.609 bits per heavy atom. The number of rotatable bonds is 1. The molecule has 0 radical (unpaired) electrons. The molecule has 2 heteroatoms.